The number of hydrogen-bond acceptors (Lipinski definition) is 6. The highest BCUT2D eigenvalue weighted by Crippen LogP contribution is 2.27. The lowest BCUT2D eigenvalue weighted by Crippen LogP contribution is -2.37. The molecule has 1 aliphatic rings. The number of aryl methyl sites for hydroxylation is 1. The Hall–Kier alpha value is -2.19. The smallest absolute Gasteiger partial charge is 0.254 e. The summed E-state index contributed by atoms with van der Waals surface area (Å²) in [5.41, 5.74) is 4.50. The molecule has 1 aromatic carbocycles. The Bertz CT molecular complexity index is 935. The Morgan fingerprint density at radius 3 is 2.85 bits per heavy atom. The highest BCUT2D eigenvalue weighted by atomic mass is 79.9. The van der Waals surface area contributed by atoms with Crippen molar-refractivity contribution in [1.29, 1.82) is 0 Å². The van der Waals surface area contributed by atoms with Crippen molar-refractivity contribution in [3.8, 4) is 0 Å². The van der Waals surface area contributed by atoms with E-state index < -0.39 is 0 Å². The van der Waals surface area contributed by atoms with Crippen LogP contribution in [0.1, 0.15) is 16.8 Å². The number of hydrogen-bond donors (Lipinski definition) is 1. The molecular weight excluding hydrogens is 396 g/mol. The van der Waals surface area contributed by atoms with Gasteiger partial charge in [-0.3, -0.25) is 0 Å². The first-order chi connectivity index (χ1) is 12.6. The highest BCUT2D eigenvalue weighted by molar-refractivity contribution is 9.10. The summed E-state index contributed by atoms with van der Waals surface area (Å²) in [6, 6.07) is 6.42. The van der Waals surface area contributed by atoms with E-state index >= 15 is 0 Å². The molecule has 2 aromatic heterocycles. The predicted molar refractivity (Wildman–Crippen MR) is 105 cm³/mol. The van der Waals surface area contributed by atoms with Crippen LogP contribution in [0.3, 0.4) is 0 Å². The van der Waals surface area contributed by atoms with Crippen LogP contribution in [-0.4, -0.2) is 45.9 Å². The van der Waals surface area contributed by atoms with Gasteiger partial charge >= 0.3 is 0 Å². The normalized spacial score (nSPS) is 14.8. The Labute approximate surface area is 160 Å². The van der Waals surface area contributed by atoms with Crippen LogP contribution in [0.15, 0.2) is 29.0 Å². The SMILES string of the molecule is Cc1nc2ncnn2c(NCc2ccc(Br)cc2N2CCOCC2)c1C. The van der Waals surface area contributed by atoms with E-state index in [4.69, 9.17) is 4.74 Å². The highest BCUT2D eigenvalue weighted by Gasteiger charge is 2.16. The maximum absolute atomic E-state index is 5.49. The van der Waals surface area contributed by atoms with Crippen molar-refractivity contribution in [3.63, 3.8) is 0 Å². The third kappa shape index (κ3) is 3.26. The lowest BCUT2D eigenvalue weighted by Gasteiger charge is -2.31. The van der Waals surface area contributed by atoms with Crippen LogP contribution < -0.4 is 10.2 Å². The molecule has 7 nitrogen and oxygen atoms in total. The van der Waals surface area contributed by atoms with E-state index in [2.05, 4.69) is 66.3 Å². The molecule has 26 heavy (non-hydrogen) atoms. The van der Waals surface area contributed by atoms with E-state index in [-0.39, 0.29) is 0 Å². The molecular formula is C18H21BrN6O. The number of nitrogens with one attached hydrogen (secondary N) is 1. The molecule has 0 radical (unpaired) electrons. The number of anilines is 2. The van der Waals surface area contributed by atoms with Crippen LogP contribution >= 0.6 is 15.9 Å². The molecule has 3 aromatic rings. The maximum Gasteiger partial charge on any atom is 0.254 e. The van der Waals surface area contributed by atoms with Gasteiger partial charge in [0.2, 0.25) is 0 Å². The van der Waals surface area contributed by atoms with Crippen molar-refractivity contribution < 1.29 is 4.74 Å². The molecule has 1 aliphatic heterocycles. The molecule has 4 rings (SSSR count). The molecule has 0 amide bonds. The van der Waals surface area contributed by atoms with Gasteiger partial charge in [0, 0.05) is 41.1 Å². The van der Waals surface area contributed by atoms with E-state index in [1.54, 1.807) is 4.52 Å². The topological polar surface area (TPSA) is 67.6 Å². The van der Waals surface area contributed by atoms with Gasteiger partial charge in [-0.05, 0) is 31.5 Å². The first kappa shape index (κ1) is 17.2. The lowest BCUT2D eigenvalue weighted by atomic mass is 10.1. The quantitative estimate of drug-likeness (QED) is 0.704. The van der Waals surface area contributed by atoms with Crippen LogP contribution in [0.25, 0.3) is 5.78 Å². The van der Waals surface area contributed by atoms with E-state index in [0.29, 0.717) is 12.3 Å². The van der Waals surface area contributed by atoms with Crippen LogP contribution in [-0.2, 0) is 11.3 Å². The number of halogens is 1. The van der Waals surface area contributed by atoms with Crippen LogP contribution in [0.5, 0.6) is 0 Å². The van der Waals surface area contributed by atoms with Crippen molar-refractivity contribution in [3.05, 3.63) is 45.8 Å². The largest absolute Gasteiger partial charge is 0.378 e. The second-order valence-electron chi connectivity index (χ2n) is 6.37. The molecule has 1 N–H and O–H groups in total. The minimum Gasteiger partial charge on any atom is -0.378 e. The molecule has 3 heterocycles. The number of ether oxygens (including phenoxy) is 1. The zero-order valence-electron chi connectivity index (χ0n) is 14.9. The molecule has 1 saturated heterocycles. The molecule has 0 atom stereocenters. The summed E-state index contributed by atoms with van der Waals surface area (Å²) < 4.78 is 8.33. The maximum atomic E-state index is 5.49. The first-order valence-electron chi connectivity index (χ1n) is 8.65. The second-order valence-corrected chi connectivity index (χ2v) is 7.28. The van der Waals surface area contributed by atoms with Gasteiger partial charge in [0.25, 0.3) is 5.78 Å². The van der Waals surface area contributed by atoms with Gasteiger partial charge in [0.1, 0.15) is 12.1 Å². The minimum atomic E-state index is 0.611. The zero-order valence-corrected chi connectivity index (χ0v) is 16.5. The third-order valence-electron chi connectivity index (χ3n) is 4.75. The molecule has 1 fully saturated rings. The summed E-state index contributed by atoms with van der Waals surface area (Å²) in [5.74, 6) is 1.54. The zero-order chi connectivity index (χ0) is 18.1. The Kier molecular flexibility index (Phi) is 4.78. The second kappa shape index (κ2) is 7.20. The number of benzene rings is 1. The molecule has 0 aliphatic carbocycles. The number of rotatable bonds is 4. The molecule has 0 unspecified atom stereocenters. The van der Waals surface area contributed by atoms with Crippen LogP contribution in [0.2, 0.25) is 0 Å². The molecule has 8 heteroatoms. The Morgan fingerprint density at radius 1 is 1.23 bits per heavy atom. The van der Waals surface area contributed by atoms with Crippen molar-refractivity contribution >= 4 is 33.2 Å². The summed E-state index contributed by atoms with van der Waals surface area (Å²) in [7, 11) is 0. The Morgan fingerprint density at radius 2 is 2.04 bits per heavy atom. The number of morpholine rings is 1. The van der Waals surface area contributed by atoms with Crippen molar-refractivity contribution in [2.75, 3.05) is 36.5 Å². The standard InChI is InChI=1S/C18H21BrN6O/c1-12-13(2)23-18-21-11-22-25(18)17(12)20-10-14-3-4-15(19)9-16(14)24-5-7-26-8-6-24/h3-4,9,11,20H,5-8,10H2,1-2H3. The summed E-state index contributed by atoms with van der Waals surface area (Å²) in [5, 5.41) is 7.85. The summed E-state index contributed by atoms with van der Waals surface area (Å²) in [6.45, 7) is 8.08. The number of aromatic nitrogens is 4. The van der Waals surface area contributed by atoms with Crippen LogP contribution in [0, 0.1) is 13.8 Å². The fourth-order valence-corrected chi connectivity index (χ4v) is 3.55. The van der Waals surface area contributed by atoms with Gasteiger partial charge < -0.3 is 15.0 Å². The minimum absolute atomic E-state index is 0.611. The monoisotopic (exact) mass is 416 g/mol. The average molecular weight is 417 g/mol. The van der Waals surface area contributed by atoms with E-state index in [1.165, 1.54) is 17.6 Å². The van der Waals surface area contributed by atoms with Gasteiger partial charge in [0.05, 0.1) is 13.2 Å². The van der Waals surface area contributed by atoms with Gasteiger partial charge in [-0.1, -0.05) is 22.0 Å². The summed E-state index contributed by atoms with van der Waals surface area (Å²) >= 11 is 3.60. The van der Waals surface area contributed by atoms with Crippen molar-refractivity contribution in [2.24, 2.45) is 0 Å². The molecule has 0 saturated carbocycles. The number of nitrogens with zero attached hydrogens (tertiary/aromatic N) is 5. The summed E-state index contributed by atoms with van der Waals surface area (Å²) in [6.07, 6.45) is 1.53. The van der Waals surface area contributed by atoms with E-state index in [0.717, 1.165) is 47.9 Å². The first-order valence-corrected chi connectivity index (χ1v) is 9.44. The third-order valence-corrected chi connectivity index (χ3v) is 5.25. The van der Waals surface area contributed by atoms with Crippen molar-refractivity contribution in [2.45, 2.75) is 20.4 Å². The van der Waals surface area contributed by atoms with E-state index in [1.807, 2.05) is 6.92 Å². The fourth-order valence-electron chi connectivity index (χ4n) is 3.20. The van der Waals surface area contributed by atoms with Gasteiger partial charge in [-0.25, -0.2) is 4.98 Å². The average Bonchev–Trinajstić information content (AvgIpc) is 3.11. The lowest BCUT2D eigenvalue weighted by molar-refractivity contribution is 0.122. The number of fused-ring (bicyclic) bond motifs is 1. The van der Waals surface area contributed by atoms with Gasteiger partial charge in [-0.2, -0.15) is 14.6 Å². The molecule has 0 bridgehead atoms. The molecule has 136 valence electrons. The van der Waals surface area contributed by atoms with Gasteiger partial charge in [-0.15, -0.1) is 0 Å². The van der Waals surface area contributed by atoms with E-state index in [9.17, 15) is 0 Å². The van der Waals surface area contributed by atoms with Gasteiger partial charge in [0.15, 0.2) is 0 Å². The Balaban J connectivity index is 1.65. The van der Waals surface area contributed by atoms with Crippen LogP contribution in [0.4, 0.5) is 11.5 Å². The molecule has 0 spiro atoms. The summed E-state index contributed by atoms with van der Waals surface area (Å²) in [4.78, 5) is 11.1. The fraction of sp³-hybridized carbons (Fsp3) is 0.389. The van der Waals surface area contributed by atoms with Crippen molar-refractivity contribution in [1.82, 2.24) is 19.6 Å². The predicted octanol–water partition coefficient (Wildman–Crippen LogP) is 2.95.